The van der Waals surface area contributed by atoms with Crippen LogP contribution in [0.15, 0.2) is 41.9 Å². The first-order valence-corrected chi connectivity index (χ1v) is 6.90. The predicted molar refractivity (Wildman–Crippen MR) is 78.1 cm³/mol. The van der Waals surface area contributed by atoms with Crippen molar-refractivity contribution in [1.29, 1.82) is 5.26 Å². The van der Waals surface area contributed by atoms with Crippen molar-refractivity contribution >= 4 is 27.2 Å². The molecular weight excluding hydrogens is 273 g/mol. The van der Waals surface area contributed by atoms with E-state index in [9.17, 15) is 4.39 Å². The minimum atomic E-state index is -0.335. The van der Waals surface area contributed by atoms with Gasteiger partial charge in [-0.05, 0) is 42.0 Å². The maximum absolute atomic E-state index is 13.2. The molecule has 0 aliphatic rings. The molecule has 0 saturated carbocycles. The van der Waals surface area contributed by atoms with E-state index in [1.807, 2.05) is 18.2 Å². The Hall–Kier alpha value is -2.45. The average molecular weight is 283 g/mol. The number of nitriles is 1. The van der Waals surface area contributed by atoms with Crippen LogP contribution in [0.4, 0.5) is 10.1 Å². The zero-order valence-corrected chi connectivity index (χ0v) is 11.2. The molecule has 0 aliphatic carbocycles. The average Bonchev–Trinajstić information content (AvgIpc) is 2.92. The first kappa shape index (κ1) is 12.6. The van der Waals surface area contributed by atoms with Gasteiger partial charge < -0.3 is 5.32 Å². The molecule has 3 aromatic rings. The Morgan fingerprint density at radius 2 is 2.15 bits per heavy atom. The summed E-state index contributed by atoms with van der Waals surface area (Å²) in [6, 6.07) is 12.1. The van der Waals surface area contributed by atoms with E-state index >= 15 is 0 Å². The lowest BCUT2D eigenvalue weighted by Crippen LogP contribution is -2.02. The third kappa shape index (κ3) is 2.46. The molecule has 20 heavy (non-hydrogen) atoms. The number of halogens is 1. The lowest BCUT2D eigenvalue weighted by molar-refractivity contribution is 0.625. The number of benzene rings is 2. The van der Waals surface area contributed by atoms with Crippen molar-refractivity contribution in [1.82, 2.24) is 4.98 Å². The van der Waals surface area contributed by atoms with Crippen LogP contribution >= 0.6 is 11.3 Å². The monoisotopic (exact) mass is 283 g/mol. The predicted octanol–water partition coefficient (Wildman–Crippen LogP) is 3.92. The van der Waals surface area contributed by atoms with Gasteiger partial charge in [0.2, 0.25) is 0 Å². The Kier molecular flexibility index (Phi) is 3.32. The standard InChI is InChI=1S/C15H10FN3S/c16-12-2-1-10(7-17)11(5-12)8-18-13-3-4-14-15(6-13)20-9-19-14/h1-6,9,18H,8H2. The maximum atomic E-state index is 13.2. The molecule has 98 valence electrons. The Morgan fingerprint density at radius 1 is 1.25 bits per heavy atom. The molecule has 0 aliphatic heterocycles. The molecule has 1 N–H and O–H groups in total. The number of thiazole rings is 1. The first-order chi connectivity index (χ1) is 9.76. The SMILES string of the molecule is N#Cc1ccc(F)cc1CNc1ccc2ncsc2c1. The zero-order valence-electron chi connectivity index (χ0n) is 10.4. The van der Waals surface area contributed by atoms with Gasteiger partial charge >= 0.3 is 0 Å². The van der Waals surface area contributed by atoms with Crippen molar-refractivity contribution in [2.75, 3.05) is 5.32 Å². The lowest BCUT2D eigenvalue weighted by Gasteiger charge is -2.08. The van der Waals surface area contributed by atoms with E-state index in [4.69, 9.17) is 5.26 Å². The summed E-state index contributed by atoms with van der Waals surface area (Å²) in [4.78, 5) is 4.22. The highest BCUT2D eigenvalue weighted by Crippen LogP contribution is 2.22. The van der Waals surface area contributed by atoms with E-state index in [1.54, 1.807) is 16.8 Å². The molecule has 1 aromatic heterocycles. The highest BCUT2D eigenvalue weighted by molar-refractivity contribution is 7.16. The van der Waals surface area contributed by atoms with Gasteiger partial charge in [-0.3, -0.25) is 0 Å². The van der Waals surface area contributed by atoms with Gasteiger partial charge in [0.05, 0.1) is 27.4 Å². The molecule has 0 spiro atoms. The Bertz CT molecular complexity index is 804. The number of anilines is 1. The number of nitrogens with one attached hydrogen (secondary N) is 1. The van der Waals surface area contributed by atoms with Crippen molar-refractivity contribution in [2.24, 2.45) is 0 Å². The Labute approximate surface area is 119 Å². The van der Waals surface area contributed by atoms with Crippen molar-refractivity contribution in [3.8, 4) is 6.07 Å². The number of aromatic nitrogens is 1. The number of hydrogen-bond acceptors (Lipinski definition) is 4. The van der Waals surface area contributed by atoms with E-state index in [1.165, 1.54) is 18.2 Å². The second-order valence-corrected chi connectivity index (χ2v) is 5.19. The van der Waals surface area contributed by atoms with Gasteiger partial charge in [-0.2, -0.15) is 5.26 Å². The van der Waals surface area contributed by atoms with Gasteiger partial charge in [-0.25, -0.2) is 9.37 Å². The van der Waals surface area contributed by atoms with Gasteiger partial charge in [0.25, 0.3) is 0 Å². The van der Waals surface area contributed by atoms with Crippen molar-refractivity contribution in [2.45, 2.75) is 6.54 Å². The van der Waals surface area contributed by atoms with Crippen LogP contribution in [0, 0.1) is 17.1 Å². The Morgan fingerprint density at radius 3 is 3.00 bits per heavy atom. The second kappa shape index (κ2) is 5.27. The minimum Gasteiger partial charge on any atom is -0.381 e. The summed E-state index contributed by atoms with van der Waals surface area (Å²) in [7, 11) is 0. The van der Waals surface area contributed by atoms with Gasteiger partial charge in [0.15, 0.2) is 0 Å². The fraction of sp³-hybridized carbons (Fsp3) is 0.0667. The molecule has 2 aromatic carbocycles. The van der Waals surface area contributed by atoms with Crippen molar-refractivity contribution in [3.05, 3.63) is 58.9 Å². The molecular formula is C15H10FN3S. The number of hydrogen-bond donors (Lipinski definition) is 1. The summed E-state index contributed by atoms with van der Waals surface area (Å²) < 4.78 is 14.3. The molecule has 5 heteroatoms. The quantitative estimate of drug-likeness (QED) is 0.792. The molecule has 0 radical (unpaired) electrons. The molecule has 0 bridgehead atoms. The molecule has 0 atom stereocenters. The lowest BCUT2D eigenvalue weighted by atomic mass is 10.1. The molecule has 0 amide bonds. The summed E-state index contributed by atoms with van der Waals surface area (Å²) in [6.45, 7) is 0.408. The van der Waals surface area contributed by atoms with E-state index in [-0.39, 0.29) is 5.82 Å². The third-order valence-electron chi connectivity index (χ3n) is 3.00. The third-order valence-corrected chi connectivity index (χ3v) is 3.79. The fourth-order valence-electron chi connectivity index (χ4n) is 1.98. The van der Waals surface area contributed by atoms with Crippen LogP contribution < -0.4 is 5.32 Å². The van der Waals surface area contributed by atoms with Gasteiger partial charge in [-0.1, -0.05) is 0 Å². The van der Waals surface area contributed by atoms with E-state index < -0.39 is 0 Å². The van der Waals surface area contributed by atoms with Crippen LogP contribution in [0.5, 0.6) is 0 Å². The van der Waals surface area contributed by atoms with Crippen LogP contribution in [-0.4, -0.2) is 4.98 Å². The molecule has 0 fully saturated rings. The largest absolute Gasteiger partial charge is 0.381 e. The van der Waals surface area contributed by atoms with Crippen LogP contribution in [0.1, 0.15) is 11.1 Å². The maximum Gasteiger partial charge on any atom is 0.123 e. The molecule has 0 unspecified atom stereocenters. The molecule has 3 nitrogen and oxygen atoms in total. The topological polar surface area (TPSA) is 48.7 Å². The van der Waals surface area contributed by atoms with E-state index in [0.717, 1.165) is 15.9 Å². The summed E-state index contributed by atoms with van der Waals surface area (Å²) in [5.74, 6) is -0.335. The van der Waals surface area contributed by atoms with Crippen molar-refractivity contribution < 1.29 is 4.39 Å². The van der Waals surface area contributed by atoms with Crippen LogP contribution in [0.2, 0.25) is 0 Å². The zero-order chi connectivity index (χ0) is 13.9. The fourth-order valence-corrected chi connectivity index (χ4v) is 2.70. The first-order valence-electron chi connectivity index (χ1n) is 6.02. The van der Waals surface area contributed by atoms with Crippen LogP contribution in [0.25, 0.3) is 10.2 Å². The minimum absolute atomic E-state index is 0.335. The number of fused-ring (bicyclic) bond motifs is 1. The smallest absolute Gasteiger partial charge is 0.123 e. The van der Waals surface area contributed by atoms with Gasteiger partial charge in [0, 0.05) is 12.2 Å². The van der Waals surface area contributed by atoms with E-state index in [0.29, 0.717) is 17.7 Å². The highest BCUT2D eigenvalue weighted by atomic mass is 32.1. The molecule has 1 heterocycles. The van der Waals surface area contributed by atoms with Crippen LogP contribution in [0.3, 0.4) is 0 Å². The highest BCUT2D eigenvalue weighted by Gasteiger charge is 2.04. The number of rotatable bonds is 3. The number of nitrogens with zero attached hydrogens (tertiary/aromatic N) is 2. The molecule has 3 rings (SSSR count). The molecule has 0 saturated heterocycles. The van der Waals surface area contributed by atoms with Gasteiger partial charge in [-0.15, -0.1) is 11.3 Å². The van der Waals surface area contributed by atoms with Crippen molar-refractivity contribution in [3.63, 3.8) is 0 Å². The van der Waals surface area contributed by atoms with Crippen LogP contribution in [-0.2, 0) is 6.54 Å². The summed E-state index contributed by atoms with van der Waals surface area (Å²) >= 11 is 1.57. The second-order valence-electron chi connectivity index (χ2n) is 4.30. The Balaban J connectivity index is 1.82. The summed E-state index contributed by atoms with van der Waals surface area (Å²) in [6.07, 6.45) is 0. The summed E-state index contributed by atoms with van der Waals surface area (Å²) in [5.41, 5.74) is 4.82. The summed E-state index contributed by atoms with van der Waals surface area (Å²) in [5, 5.41) is 12.2. The normalized spacial score (nSPS) is 10.4. The van der Waals surface area contributed by atoms with E-state index in [2.05, 4.69) is 16.4 Å². The van der Waals surface area contributed by atoms with Gasteiger partial charge in [0.1, 0.15) is 5.82 Å².